The third-order valence-electron chi connectivity index (χ3n) is 5.43. The number of halogens is 1. The van der Waals surface area contributed by atoms with Crippen LogP contribution >= 0.6 is 24.0 Å². The van der Waals surface area contributed by atoms with Gasteiger partial charge in [0.15, 0.2) is 5.96 Å². The molecule has 1 heterocycles. The molecule has 0 aliphatic carbocycles. The second-order valence-electron chi connectivity index (χ2n) is 7.38. The number of hydrogen-bond donors (Lipinski definition) is 2. The van der Waals surface area contributed by atoms with Crippen molar-refractivity contribution in [2.75, 3.05) is 13.6 Å². The Hall–Kier alpha value is -2.35. The average Bonchev–Trinajstić information content (AvgIpc) is 3.00. The summed E-state index contributed by atoms with van der Waals surface area (Å²) in [6, 6.07) is 21.3. The van der Waals surface area contributed by atoms with E-state index in [2.05, 4.69) is 88.3 Å². The molecule has 160 valence electrons. The number of aliphatic imine (C=N–C) groups is 1. The van der Waals surface area contributed by atoms with E-state index in [0.29, 0.717) is 12.5 Å². The maximum absolute atomic E-state index is 4.49. The largest absolute Gasteiger partial charge is 0.356 e. The molecule has 0 radical (unpaired) electrons. The number of aryl methyl sites for hydroxylation is 2. The number of benzene rings is 2. The molecule has 0 aliphatic rings. The lowest BCUT2D eigenvalue weighted by molar-refractivity contribution is 0.644. The average molecular weight is 517 g/mol. The Bertz CT molecular complexity index is 935. The predicted molar refractivity (Wildman–Crippen MR) is 136 cm³/mol. The molecule has 2 N–H and O–H groups in total. The molecule has 30 heavy (non-hydrogen) atoms. The number of hydrogen-bond acceptors (Lipinski definition) is 2. The van der Waals surface area contributed by atoms with E-state index in [9.17, 15) is 0 Å². The molecule has 0 saturated heterocycles. The van der Waals surface area contributed by atoms with Gasteiger partial charge in [-0.2, -0.15) is 5.10 Å². The maximum atomic E-state index is 4.49. The lowest BCUT2D eigenvalue weighted by Gasteiger charge is -2.20. The van der Waals surface area contributed by atoms with Crippen molar-refractivity contribution in [2.45, 2.75) is 32.7 Å². The van der Waals surface area contributed by atoms with Crippen LogP contribution in [0.25, 0.3) is 0 Å². The van der Waals surface area contributed by atoms with E-state index in [4.69, 9.17) is 0 Å². The van der Waals surface area contributed by atoms with E-state index >= 15 is 0 Å². The Labute approximate surface area is 197 Å². The summed E-state index contributed by atoms with van der Waals surface area (Å²) in [7, 11) is 3.79. The van der Waals surface area contributed by atoms with Crippen molar-refractivity contribution in [2.24, 2.45) is 12.0 Å². The van der Waals surface area contributed by atoms with Crippen LogP contribution in [-0.4, -0.2) is 29.3 Å². The Morgan fingerprint density at radius 2 is 1.63 bits per heavy atom. The van der Waals surface area contributed by atoms with Crippen LogP contribution in [0.15, 0.2) is 65.7 Å². The topological polar surface area (TPSA) is 54.2 Å². The fourth-order valence-electron chi connectivity index (χ4n) is 3.62. The highest BCUT2D eigenvalue weighted by atomic mass is 127. The minimum absolute atomic E-state index is 0. The van der Waals surface area contributed by atoms with Gasteiger partial charge in [-0.15, -0.1) is 24.0 Å². The minimum Gasteiger partial charge on any atom is -0.356 e. The van der Waals surface area contributed by atoms with Crippen LogP contribution in [0.3, 0.4) is 0 Å². The molecule has 0 spiro atoms. The fourth-order valence-corrected chi connectivity index (χ4v) is 3.62. The van der Waals surface area contributed by atoms with Crippen LogP contribution in [0.1, 0.15) is 34.0 Å². The summed E-state index contributed by atoms with van der Waals surface area (Å²) in [6.45, 7) is 5.66. The fraction of sp³-hybridized carbons (Fsp3) is 0.333. The van der Waals surface area contributed by atoms with Gasteiger partial charge in [-0.1, -0.05) is 60.7 Å². The van der Waals surface area contributed by atoms with E-state index in [1.165, 1.54) is 22.4 Å². The molecule has 1 unspecified atom stereocenters. The van der Waals surface area contributed by atoms with E-state index < -0.39 is 0 Å². The molecule has 3 aromatic rings. The van der Waals surface area contributed by atoms with E-state index in [1.807, 2.05) is 25.7 Å². The highest BCUT2D eigenvalue weighted by Crippen LogP contribution is 2.20. The summed E-state index contributed by atoms with van der Waals surface area (Å²) >= 11 is 0. The molecule has 6 heteroatoms. The SMILES string of the molecule is CN=C(NCc1c(C)nn(C)c1C)NCC(Cc1ccccc1)c1ccccc1.I. The number of rotatable bonds is 7. The zero-order chi connectivity index (χ0) is 20.6. The molecule has 0 aliphatic heterocycles. The van der Waals surface area contributed by atoms with Gasteiger partial charge in [0, 0.05) is 44.4 Å². The molecule has 2 aromatic carbocycles. The van der Waals surface area contributed by atoms with Gasteiger partial charge >= 0.3 is 0 Å². The van der Waals surface area contributed by atoms with Gasteiger partial charge in [0.25, 0.3) is 0 Å². The zero-order valence-electron chi connectivity index (χ0n) is 18.2. The Morgan fingerprint density at radius 3 is 2.20 bits per heavy atom. The van der Waals surface area contributed by atoms with Crippen LogP contribution < -0.4 is 10.6 Å². The summed E-state index contributed by atoms with van der Waals surface area (Å²) in [4.78, 5) is 4.41. The molecule has 0 bridgehead atoms. The van der Waals surface area contributed by atoms with Crippen LogP contribution in [0, 0.1) is 13.8 Å². The van der Waals surface area contributed by atoms with E-state index in [1.54, 1.807) is 0 Å². The standard InChI is InChI=1S/C24H31N5.HI/c1-18-23(19(2)29(4)28-18)17-27-24(25-3)26-16-22(21-13-9-6-10-14-21)15-20-11-7-5-8-12-20;/h5-14,22H,15-17H2,1-4H3,(H2,25,26,27);1H. The van der Waals surface area contributed by atoms with Crippen LogP contribution in [0.4, 0.5) is 0 Å². The van der Waals surface area contributed by atoms with Crippen molar-refractivity contribution in [1.29, 1.82) is 0 Å². The monoisotopic (exact) mass is 517 g/mol. The number of aromatic nitrogens is 2. The molecule has 0 amide bonds. The quantitative estimate of drug-likeness (QED) is 0.279. The van der Waals surface area contributed by atoms with Crippen molar-refractivity contribution in [3.63, 3.8) is 0 Å². The normalized spacial score (nSPS) is 12.2. The molecule has 0 fully saturated rings. The first-order chi connectivity index (χ1) is 14.1. The van der Waals surface area contributed by atoms with Crippen molar-refractivity contribution in [3.8, 4) is 0 Å². The van der Waals surface area contributed by atoms with Gasteiger partial charge in [0.05, 0.1) is 5.69 Å². The number of nitrogens with zero attached hydrogens (tertiary/aromatic N) is 3. The summed E-state index contributed by atoms with van der Waals surface area (Å²) < 4.78 is 1.92. The summed E-state index contributed by atoms with van der Waals surface area (Å²) in [6.07, 6.45) is 0.982. The molecule has 1 atom stereocenters. The Morgan fingerprint density at radius 1 is 1.00 bits per heavy atom. The zero-order valence-corrected chi connectivity index (χ0v) is 20.6. The molecule has 0 saturated carbocycles. The van der Waals surface area contributed by atoms with Gasteiger partial charge in [0.2, 0.25) is 0 Å². The van der Waals surface area contributed by atoms with Gasteiger partial charge in [0.1, 0.15) is 0 Å². The highest BCUT2D eigenvalue weighted by Gasteiger charge is 2.14. The summed E-state index contributed by atoms with van der Waals surface area (Å²) in [5.74, 6) is 1.17. The second-order valence-corrected chi connectivity index (χ2v) is 7.38. The van der Waals surface area contributed by atoms with Crippen LogP contribution in [0.5, 0.6) is 0 Å². The highest BCUT2D eigenvalue weighted by molar-refractivity contribution is 14.0. The molecule has 1 aromatic heterocycles. The lowest BCUT2D eigenvalue weighted by atomic mass is 9.92. The molecular formula is C24H32IN5. The third-order valence-corrected chi connectivity index (χ3v) is 5.43. The minimum atomic E-state index is 0. The van der Waals surface area contributed by atoms with Gasteiger partial charge in [-0.05, 0) is 31.4 Å². The number of guanidine groups is 1. The van der Waals surface area contributed by atoms with Gasteiger partial charge in [-0.3, -0.25) is 9.67 Å². The Kier molecular flexibility index (Phi) is 9.36. The van der Waals surface area contributed by atoms with Gasteiger partial charge < -0.3 is 10.6 Å². The summed E-state index contributed by atoms with van der Waals surface area (Å²) in [5.41, 5.74) is 6.13. The van der Waals surface area contributed by atoms with Gasteiger partial charge in [-0.25, -0.2) is 0 Å². The van der Waals surface area contributed by atoms with Crippen molar-refractivity contribution < 1.29 is 0 Å². The van der Waals surface area contributed by atoms with Crippen LogP contribution in [0.2, 0.25) is 0 Å². The van der Waals surface area contributed by atoms with Crippen molar-refractivity contribution in [3.05, 3.63) is 88.7 Å². The van der Waals surface area contributed by atoms with Crippen molar-refractivity contribution >= 4 is 29.9 Å². The third kappa shape index (κ3) is 6.32. The van der Waals surface area contributed by atoms with Crippen LogP contribution in [-0.2, 0) is 20.0 Å². The molecule has 3 rings (SSSR count). The Balaban J connectivity index is 0.00000320. The predicted octanol–water partition coefficient (Wildman–Crippen LogP) is 4.35. The number of nitrogens with one attached hydrogen (secondary N) is 2. The maximum Gasteiger partial charge on any atom is 0.191 e. The first-order valence-electron chi connectivity index (χ1n) is 10.1. The van der Waals surface area contributed by atoms with E-state index in [-0.39, 0.29) is 24.0 Å². The first-order valence-corrected chi connectivity index (χ1v) is 10.1. The first kappa shape index (κ1) is 23.9. The summed E-state index contributed by atoms with van der Waals surface area (Å²) in [5, 5.41) is 11.4. The molecular weight excluding hydrogens is 485 g/mol. The lowest BCUT2D eigenvalue weighted by Crippen LogP contribution is -2.39. The van der Waals surface area contributed by atoms with E-state index in [0.717, 1.165) is 24.6 Å². The second kappa shape index (κ2) is 11.7. The smallest absolute Gasteiger partial charge is 0.191 e. The molecule has 5 nitrogen and oxygen atoms in total. The van der Waals surface area contributed by atoms with Crippen molar-refractivity contribution in [1.82, 2.24) is 20.4 Å².